The van der Waals surface area contributed by atoms with Crippen LogP contribution in [0, 0.1) is 0 Å². The van der Waals surface area contributed by atoms with E-state index in [0.29, 0.717) is 5.69 Å². The summed E-state index contributed by atoms with van der Waals surface area (Å²) < 4.78 is 1.10. The monoisotopic (exact) mass is 253 g/mol. The van der Waals surface area contributed by atoms with Gasteiger partial charge in [0.2, 0.25) is 0 Å². The Hall–Kier alpha value is -2.22. The van der Waals surface area contributed by atoms with Crippen molar-refractivity contribution in [2.45, 2.75) is 6.54 Å². The molecule has 0 aliphatic heterocycles. The Bertz CT molecular complexity index is 656. The van der Waals surface area contributed by atoms with Crippen molar-refractivity contribution in [1.82, 2.24) is 14.5 Å². The molecule has 2 aromatic rings. The van der Waals surface area contributed by atoms with Crippen LogP contribution >= 0.6 is 11.3 Å². The smallest absolute Gasteiger partial charge is 0.342 e. The van der Waals surface area contributed by atoms with Crippen LogP contribution in [0.2, 0.25) is 0 Å². The Kier molecular flexibility index (Phi) is 2.88. The van der Waals surface area contributed by atoms with Crippen LogP contribution in [0.15, 0.2) is 26.7 Å². The number of carboxylic acids is 1. The predicted octanol–water partition coefficient (Wildman–Crippen LogP) is -0.260. The molecule has 0 aromatic carbocycles. The molecule has 0 saturated carbocycles. The molecule has 2 rings (SSSR count). The van der Waals surface area contributed by atoms with Crippen molar-refractivity contribution in [3.8, 4) is 0 Å². The molecule has 0 fully saturated rings. The second-order valence-corrected chi connectivity index (χ2v) is 3.93. The van der Waals surface area contributed by atoms with Gasteiger partial charge in [0, 0.05) is 11.6 Å². The Morgan fingerprint density at radius 2 is 2.29 bits per heavy atom. The van der Waals surface area contributed by atoms with Gasteiger partial charge in [-0.2, -0.15) is 0 Å². The lowest BCUT2D eigenvalue weighted by molar-refractivity contribution is 0.0693. The van der Waals surface area contributed by atoms with E-state index in [9.17, 15) is 14.4 Å². The molecule has 0 amide bonds. The molecule has 2 N–H and O–H groups in total. The Balaban J connectivity index is 2.47. The van der Waals surface area contributed by atoms with Crippen molar-refractivity contribution in [3.05, 3.63) is 49.2 Å². The first-order chi connectivity index (χ1) is 8.08. The lowest BCUT2D eigenvalue weighted by atomic mass is 10.3. The number of H-pyrrole nitrogens is 1. The zero-order chi connectivity index (χ0) is 12.4. The van der Waals surface area contributed by atoms with Crippen LogP contribution in [0.25, 0.3) is 0 Å². The standard InChI is InChI=1S/C9H7N3O4S/c13-7-6(8(14)15)2-12(9(16)11-7)1-5-3-17-4-10-5/h2-4H,1H2,(H,14,15)(H,11,13,16). The lowest BCUT2D eigenvalue weighted by Gasteiger charge is -2.03. The van der Waals surface area contributed by atoms with E-state index in [4.69, 9.17) is 5.11 Å². The number of nitrogens with one attached hydrogen (secondary N) is 1. The maximum Gasteiger partial charge on any atom is 0.342 e. The first-order valence-electron chi connectivity index (χ1n) is 4.52. The van der Waals surface area contributed by atoms with Gasteiger partial charge in [0.05, 0.1) is 17.7 Å². The molecule has 2 aromatic heterocycles. The maximum atomic E-state index is 11.4. The molecule has 0 saturated heterocycles. The molecule has 8 heteroatoms. The topological polar surface area (TPSA) is 105 Å². The maximum absolute atomic E-state index is 11.4. The largest absolute Gasteiger partial charge is 0.477 e. The lowest BCUT2D eigenvalue weighted by Crippen LogP contribution is -2.33. The second-order valence-electron chi connectivity index (χ2n) is 3.21. The highest BCUT2D eigenvalue weighted by Gasteiger charge is 2.11. The van der Waals surface area contributed by atoms with Crippen LogP contribution in [-0.4, -0.2) is 25.6 Å². The minimum atomic E-state index is -1.38. The van der Waals surface area contributed by atoms with Crippen molar-refractivity contribution in [1.29, 1.82) is 0 Å². The van der Waals surface area contributed by atoms with E-state index in [2.05, 4.69) is 4.98 Å². The van der Waals surface area contributed by atoms with Gasteiger partial charge in [-0.15, -0.1) is 11.3 Å². The van der Waals surface area contributed by atoms with E-state index in [-0.39, 0.29) is 6.54 Å². The molecule has 0 aliphatic carbocycles. The zero-order valence-corrected chi connectivity index (χ0v) is 9.23. The molecular formula is C9H7N3O4S. The Morgan fingerprint density at radius 3 is 2.88 bits per heavy atom. The highest BCUT2D eigenvalue weighted by molar-refractivity contribution is 7.07. The number of hydrogen-bond donors (Lipinski definition) is 2. The molecule has 0 aliphatic rings. The van der Waals surface area contributed by atoms with Gasteiger partial charge in [-0.25, -0.2) is 14.6 Å². The Morgan fingerprint density at radius 1 is 1.53 bits per heavy atom. The van der Waals surface area contributed by atoms with E-state index in [1.54, 1.807) is 10.9 Å². The first-order valence-corrected chi connectivity index (χ1v) is 5.46. The molecule has 0 spiro atoms. The van der Waals surface area contributed by atoms with Crippen LogP contribution in [0.3, 0.4) is 0 Å². The van der Waals surface area contributed by atoms with Crippen LogP contribution in [0.1, 0.15) is 16.1 Å². The predicted molar refractivity (Wildman–Crippen MR) is 59.5 cm³/mol. The summed E-state index contributed by atoms with van der Waals surface area (Å²) in [7, 11) is 0. The molecule has 0 atom stereocenters. The molecule has 88 valence electrons. The highest BCUT2D eigenvalue weighted by atomic mass is 32.1. The van der Waals surface area contributed by atoms with Gasteiger partial charge in [0.25, 0.3) is 5.56 Å². The van der Waals surface area contributed by atoms with Gasteiger partial charge in [-0.05, 0) is 0 Å². The summed E-state index contributed by atoms with van der Waals surface area (Å²) in [5, 5.41) is 10.5. The number of aromatic nitrogens is 3. The number of rotatable bonds is 3. The quantitative estimate of drug-likeness (QED) is 0.784. The molecule has 17 heavy (non-hydrogen) atoms. The normalized spacial score (nSPS) is 10.4. The van der Waals surface area contributed by atoms with Gasteiger partial charge >= 0.3 is 11.7 Å². The first kappa shape index (κ1) is 11.3. The van der Waals surface area contributed by atoms with Crippen molar-refractivity contribution in [2.75, 3.05) is 0 Å². The van der Waals surface area contributed by atoms with Gasteiger partial charge in [-0.1, -0.05) is 0 Å². The molecule has 0 bridgehead atoms. The summed E-state index contributed by atoms with van der Waals surface area (Å²) in [4.78, 5) is 39.3. The SMILES string of the molecule is O=C(O)c1cn(Cc2cscn2)c(=O)[nH]c1=O. The third kappa shape index (κ3) is 2.31. The van der Waals surface area contributed by atoms with Crippen molar-refractivity contribution >= 4 is 17.3 Å². The van der Waals surface area contributed by atoms with Gasteiger partial charge in [0.15, 0.2) is 0 Å². The summed E-state index contributed by atoms with van der Waals surface area (Å²) in [6, 6.07) is 0. The Labute approximate surface area is 98.0 Å². The van der Waals surface area contributed by atoms with Crippen molar-refractivity contribution in [3.63, 3.8) is 0 Å². The van der Waals surface area contributed by atoms with Crippen molar-refractivity contribution < 1.29 is 9.90 Å². The molecule has 0 radical (unpaired) electrons. The van der Waals surface area contributed by atoms with E-state index in [0.717, 1.165) is 10.8 Å². The number of carboxylic acid groups (broad SMARTS) is 1. The second kappa shape index (κ2) is 4.34. The minimum Gasteiger partial charge on any atom is -0.477 e. The summed E-state index contributed by atoms with van der Waals surface area (Å²) in [6.45, 7) is 0.124. The number of aromatic carboxylic acids is 1. The third-order valence-electron chi connectivity index (χ3n) is 2.06. The van der Waals surface area contributed by atoms with Crippen molar-refractivity contribution in [2.24, 2.45) is 0 Å². The van der Waals surface area contributed by atoms with Crippen LogP contribution in [0.5, 0.6) is 0 Å². The fourth-order valence-electron chi connectivity index (χ4n) is 1.27. The van der Waals surface area contributed by atoms with E-state index >= 15 is 0 Å². The zero-order valence-electron chi connectivity index (χ0n) is 8.41. The summed E-state index contributed by atoms with van der Waals surface area (Å²) in [5.74, 6) is -1.38. The third-order valence-corrected chi connectivity index (χ3v) is 2.69. The fraction of sp³-hybridized carbons (Fsp3) is 0.111. The number of nitrogens with zero attached hydrogens (tertiary/aromatic N) is 2. The molecule has 0 unspecified atom stereocenters. The molecule has 7 nitrogen and oxygen atoms in total. The van der Waals surface area contributed by atoms with Gasteiger partial charge < -0.3 is 5.11 Å². The summed E-state index contributed by atoms with van der Waals surface area (Å²) in [6.07, 6.45) is 1.02. The number of thiazole rings is 1. The highest BCUT2D eigenvalue weighted by Crippen LogP contribution is 2.02. The average Bonchev–Trinajstić information content (AvgIpc) is 2.74. The molecular weight excluding hydrogens is 246 g/mol. The summed E-state index contributed by atoms with van der Waals surface area (Å²) >= 11 is 1.36. The number of hydrogen-bond acceptors (Lipinski definition) is 5. The minimum absolute atomic E-state index is 0.124. The van der Waals surface area contributed by atoms with Gasteiger partial charge in [0.1, 0.15) is 5.56 Å². The van der Waals surface area contributed by atoms with E-state index in [1.165, 1.54) is 11.3 Å². The molecule has 2 heterocycles. The van der Waals surface area contributed by atoms with Gasteiger partial charge in [-0.3, -0.25) is 14.3 Å². The van der Waals surface area contributed by atoms with E-state index in [1.807, 2.05) is 4.98 Å². The number of carbonyl (C=O) groups is 1. The average molecular weight is 253 g/mol. The fourth-order valence-corrected chi connectivity index (χ4v) is 1.82. The number of aromatic amines is 1. The van der Waals surface area contributed by atoms with Crippen LogP contribution in [0.4, 0.5) is 0 Å². The van der Waals surface area contributed by atoms with E-state index < -0.39 is 22.8 Å². The summed E-state index contributed by atoms with van der Waals surface area (Å²) in [5.41, 5.74) is 0.190. The van der Waals surface area contributed by atoms with Crippen LogP contribution < -0.4 is 11.2 Å². The van der Waals surface area contributed by atoms with Crippen LogP contribution in [-0.2, 0) is 6.54 Å².